The zero-order valence-corrected chi connectivity index (χ0v) is 22.7. The van der Waals surface area contributed by atoms with E-state index in [2.05, 4.69) is 42.7 Å². The summed E-state index contributed by atoms with van der Waals surface area (Å²) in [4.78, 5) is 24.2. The molecule has 9 heteroatoms. The van der Waals surface area contributed by atoms with Crippen molar-refractivity contribution >= 4 is 11.8 Å². The first-order chi connectivity index (χ1) is 17.6. The summed E-state index contributed by atoms with van der Waals surface area (Å²) in [5.74, 6) is 0.0328. The van der Waals surface area contributed by atoms with Crippen LogP contribution >= 0.6 is 0 Å². The highest BCUT2D eigenvalue weighted by Crippen LogP contribution is 2.43. The summed E-state index contributed by atoms with van der Waals surface area (Å²) in [6, 6.07) is -0.0619. The van der Waals surface area contributed by atoms with E-state index in [-0.39, 0.29) is 53.8 Å². The third-order valence-electron chi connectivity index (χ3n) is 7.29. The Bertz CT molecular complexity index is 866. The van der Waals surface area contributed by atoms with Crippen LogP contribution in [-0.4, -0.2) is 78.8 Å². The fraction of sp³-hybridized carbons (Fsp3) is 0.714. The summed E-state index contributed by atoms with van der Waals surface area (Å²) >= 11 is 0. The van der Waals surface area contributed by atoms with Crippen LogP contribution in [0.2, 0.25) is 0 Å². The monoisotopic (exact) mass is 519 g/mol. The minimum absolute atomic E-state index is 0.0409. The Morgan fingerprint density at radius 2 is 1.97 bits per heavy atom. The van der Waals surface area contributed by atoms with Crippen LogP contribution in [0.15, 0.2) is 36.0 Å². The highest BCUT2D eigenvalue weighted by atomic mass is 16.6. The molecule has 208 valence electrons. The van der Waals surface area contributed by atoms with Gasteiger partial charge in [-0.05, 0) is 39.5 Å². The molecule has 2 amide bonds. The van der Waals surface area contributed by atoms with Crippen LogP contribution in [0.25, 0.3) is 0 Å². The minimum Gasteiger partial charge on any atom is -0.389 e. The van der Waals surface area contributed by atoms with Gasteiger partial charge in [-0.2, -0.15) is 0 Å². The van der Waals surface area contributed by atoms with Gasteiger partial charge >= 0.3 is 0 Å². The Labute approximate surface area is 220 Å². The lowest BCUT2D eigenvalue weighted by molar-refractivity contribution is -0.127. The molecule has 3 rings (SSSR count). The molecule has 1 spiro atoms. The first kappa shape index (κ1) is 29.5. The maximum atomic E-state index is 12.1. The summed E-state index contributed by atoms with van der Waals surface area (Å²) in [5.41, 5.74) is 6.44. The number of amides is 2. The molecule has 0 aromatic rings. The second-order valence-electron chi connectivity index (χ2n) is 10.9. The summed E-state index contributed by atoms with van der Waals surface area (Å²) in [5, 5.41) is 15.1. The average Bonchev–Trinajstić information content (AvgIpc) is 3.58. The summed E-state index contributed by atoms with van der Waals surface area (Å²) in [6.45, 7) is 9.43. The van der Waals surface area contributed by atoms with Crippen LogP contribution in [-0.2, 0) is 23.8 Å². The van der Waals surface area contributed by atoms with Crippen molar-refractivity contribution < 1.29 is 28.9 Å². The fourth-order valence-electron chi connectivity index (χ4n) is 5.07. The van der Waals surface area contributed by atoms with Gasteiger partial charge in [-0.15, -0.1) is 0 Å². The molecule has 3 fully saturated rings. The highest BCUT2D eigenvalue weighted by molar-refractivity contribution is 5.87. The van der Waals surface area contributed by atoms with Crippen LogP contribution < -0.4 is 16.4 Å². The molecule has 0 aliphatic carbocycles. The molecule has 0 saturated carbocycles. The number of epoxide rings is 1. The van der Waals surface area contributed by atoms with Crippen LogP contribution in [0.4, 0.5) is 0 Å². The lowest BCUT2D eigenvalue weighted by Crippen LogP contribution is -2.50. The molecule has 37 heavy (non-hydrogen) atoms. The molecule has 3 heterocycles. The molecule has 0 bridgehead atoms. The third-order valence-corrected chi connectivity index (χ3v) is 7.29. The van der Waals surface area contributed by atoms with Gasteiger partial charge in [-0.1, -0.05) is 36.8 Å². The van der Waals surface area contributed by atoms with Gasteiger partial charge in [0.2, 0.25) is 11.8 Å². The quantitative estimate of drug-likeness (QED) is 0.186. The van der Waals surface area contributed by atoms with Crippen LogP contribution in [0, 0.1) is 5.92 Å². The van der Waals surface area contributed by atoms with E-state index in [9.17, 15) is 14.7 Å². The first-order valence-corrected chi connectivity index (χ1v) is 13.5. The molecule has 8 atom stereocenters. The molecule has 0 aromatic carbocycles. The number of allylic oxidation sites excluding steroid dienone is 2. The smallest absolute Gasteiger partial charge is 0.244 e. The Balaban J connectivity index is 1.48. The maximum absolute atomic E-state index is 12.1. The van der Waals surface area contributed by atoms with Gasteiger partial charge in [0.1, 0.15) is 0 Å². The van der Waals surface area contributed by atoms with Gasteiger partial charge < -0.3 is 35.7 Å². The number of aliphatic hydroxyl groups excluding tert-OH is 1. The Kier molecular flexibility index (Phi) is 10.9. The van der Waals surface area contributed by atoms with Gasteiger partial charge in [-0.3, -0.25) is 9.59 Å². The van der Waals surface area contributed by atoms with Crippen molar-refractivity contribution in [3.8, 4) is 0 Å². The highest BCUT2D eigenvalue weighted by Gasteiger charge is 2.51. The van der Waals surface area contributed by atoms with E-state index in [0.717, 1.165) is 37.9 Å². The summed E-state index contributed by atoms with van der Waals surface area (Å²) in [6.07, 6.45) is 11.7. The van der Waals surface area contributed by atoms with E-state index in [0.29, 0.717) is 19.5 Å². The topological polar surface area (TPSA) is 135 Å². The number of rotatable bonds is 11. The number of hydrogen-bond donors (Lipinski definition) is 4. The zero-order chi connectivity index (χ0) is 27.0. The number of hydrogen-bond acceptors (Lipinski definition) is 7. The van der Waals surface area contributed by atoms with Crippen molar-refractivity contribution in [2.75, 3.05) is 19.7 Å². The van der Waals surface area contributed by atoms with E-state index in [1.54, 1.807) is 6.92 Å². The third kappa shape index (κ3) is 9.65. The van der Waals surface area contributed by atoms with Crippen LogP contribution in [0.5, 0.6) is 0 Å². The predicted octanol–water partition coefficient (Wildman–Crippen LogP) is 1.90. The second-order valence-corrected chi connectivity index (χ2v) is 10.9. The van der Waals surface area contributed by atoms with Crippen LogP contribution in [0.1, 0.15) is 59.8 Å². The van der Waals surface area contributed by atoms with Gasteiger partial charge in [0.05, 0.1) is 55.2 Å². The minimum atomic E-state index is -0.652. The van der Waals surface area contributed by atoms with Gasteiger partial charge in [0, 0.05) is 32.0 Å². The van der Waals surface area contributed by atoms with Crippen molar-refractivity contribution in [2.24, 2.45) is 11.7 Å². The van der Waals surface area contributed by atoms with E-state index in [1.165, 1.54) is 12.2 Å². The van der Waals surface area contributed by atoms with Crippen molar-refractivity contribution in [3.63, 3.8) is 0 Å². The van der Waals surface area contributed by atoms with Crippen molar-refractivity contribution in [1.29, 1.82) is 0 Å². The normalized spacial score (nSPS) is 35.1. The summed E-state index contributed by atoms with van der Waals surface area (Å²) in [7, 11) is 0. The van der Waals surface area contributed by atoms with E-state index < -0.39 is 6.10 Å². The van der Waals surface area contributed by atoms with Crippen molar-refractivity contribution in [1.82, 2.24) is 10.6 Å². The average molecular weight is 520 g/mol. The lowest BCUT2D eigenvalue weighted by atomic mass is 9.88. The lowest BCUT2D eigenvalue weighted by Gasteiger charge is -2.39. The van der Waals surface area contributed by atoms with E-state index in [1.807, 2.05) is 6.92 Å². The SMILES string of the molecule is CC(/C=C/[C@@H]1C[C@]2(CO2)C[C@@H](CC(=O)NCCN)O1)=C\C[C@@H]1O[C@H](C)[C@H](NC(=O)/C=C\[C@H](C)O)C[C@@H]1C. The Hall–Kier alpha value is -2.04. The van der Waals surface area contributed by atoms with E-state index >= 15 is 0 Å². The van der Waals surface area contributed by atoms with Crippen molar-refractivity contribution in [2.45, 2.75) is 102 Å². The Morgan fingerprint density at radius 1 is 1.22 bits per heavy atom. The van der Waals surface area contributed by atoms with Crippen molar-refractivity contribution in [3.05, 3.63) is 36.0 Å². The molecule has 9 nitrogen and oxygen atoms in total. The molecule has 0 aromatic heterocycles. The number of carbonyl (C=O) groups is 2. The molecule has 3 aliphatic rings. The number of nitrogens with two attached hydrogens (primary N) is 1. The molecule has 3 aliphatic heterocycles. The molecule has 3 saturated heterocycles. The number of carbonyl (C=O) groups excluding carboxylic acids is 2. The largest absolute Gasteiger partial charge is 0.389 e. The van der Waals surface area contributed by atoms with Crippen LogP contribution in [0.3, 0.4) is 0 Å². The zero-order valence-electron chi connectivity index (χ0n) is 22.7. The fourth-order valence-corrected chi connectivity index (χ4v) is 5.07. The van der Waals surface area contributed by atoms with Gasteiger partial charge in [-0.25, -0.2) is 0 Å². The van der Waals surface area contributed by atoms with E-state index in [4.69, 9.17) is 19.9 Å². The van der Waals surface area contributed by atoms with Gasteiger partial charge in [0.25, 0.3) is 0 Å². The molecule has 0 radical (unpaired) electrons. The molecular weight excluding hydrogens is 474 g/mol. The Morgan fingerprint density at radius 3 is 2.65 bits per heavy atom. The summed E-state index contributed by atoms with van der Waals surface area (Å²) < 4.78 is 18.2. The first-order valence-electron chi connectivity index (χ1n) is 13.5. The molecule has 0 unspecified atom stereocenters. The maximum Gasteiger partial charge on any atom is 0.244 e. The molecule has 5 N–H and O–H groups in total. The predicted molar refractivity (Wildman–Crippen MR) is 142 cm³/mol. The second kappa shape index (κ2) is 13.7. The number of aliphatic hydroxyl groups is 1. The standard InChI is InChI=1S/C28H45N3O6/c1-18(5-8-22-15-28(17-35-28)16-23(37-22)14-27(34)30-12-11-29)6-9-25-19(2)13-24(21(4)36-25)31-26(33)10-7-20(3)32/h5-8,10,19-25,32H,9,11-17,29H2,1-4H3,(H,30,34)(H,31,33)/b8-5+,10-7-,18-6+/t19-,20-,21+,22+,23+,24+,25-,28+/m0/s1. The molecular formula is C28H45N3O6. The number of ether oxygens (including phenoxy) is 3. The number of nitrogens with one attached hydrogen (secondary N) is 2. The van der Waals surface area contributed by atoms with Gasteiger partial charge in [0.15, 0.2) is 0 Å².